The number of nitrogens with zero attached hydrogens (tertiary/aromatic N) is 1. The largest absolute Gasteiger partial charge is 0.449 e. The summed E-state index contributed by atoms with van der Waals surface area (Å²) in [4.78, 5) is 50.9. The molecule has 0 saturated carbocycles. The van der Waals surface area contributed by atoms with E-state index in [9.17, 15) is 19.2 Å². The third-order valence-electron chi connectivity index (χ3n) is 3.85. The summed E-state index contributed by atoms with van der Waals surface area (Å²) in [7, 11) is 4.80. The maximum Gasteiger partial charge on any atom is 0.406 e. The molecule has 0 radical (unpaired) electrons. The lowest BCUT2D eigenvalue weighted by molar-refractivity contribution is -0.200. The molecule has 9 nitrogen and oxygen atoms in total. The number of imide groups is 1. The van der Waals surface area contributed by atoms with Gasteiger partial charge < -0.3 is 19.6 Å². The van der Waals surface area contributed by atoms with Crippen LogP contribution in [0.1, 0.15) is 53.4 Å². The second-order valence-electron chi connectivity index (χ2n) is 7.63. The zero-order chi connectivity index (χ0) is 22.1. The first-order valence-corrected chi connectivity index (χ1v) is 11.6. The predicted molar refractivity (Wildman–Crippen MR) is 111 cm³/mol. The summed E-state index contributed by atoms with van der Waals surface area (Å²) in [5.41, 5.74) is -0.794. The minimum absolute atomic E-state index is 0.0642. The number of hydroxylamine groups is 2. The van der Waals surface area contributed by atoms with Crippen LogP contribution in [0.5, 0.6) is 0 Å². The Morgan fingerprint density at radius 2 is 1.72 bits per heavy atom. The molecule has 0 aromatic carbocycles. The van der Waals surface area contributed by atoms with E-state index in [1.54, 1.807) is 35.4 Å². The maximum atomic E-state index is 12.0. The number of ether oxygens (including phenoxy) is 2. The van der Waals surface area contributed by atoms with Crippen molar-refractivity contribution in [3.8, 4) is 0 Å². The van der Waals surface area contributed by atoms with Gasteiger partial charge in [-0.15, -0.1) is 5.06 Å². The highest BCUT2D eigenvalue weighted by molar-refractivity contribution is 8.77. The predicted octanol–water partition coefficient (Wildman–Crippen LogP) is 2.69. The van der Waals surface area contributed by atoms with Crippen LogP contribution < -0.4 is 5.32 Å². The molecule has 0 bridgehead atoms. The number of nitrogens with one attached hydrogen (secondary N) is 1. The molecule has 1 aliphatic rings. The fourth-order valence-electron chi connectivity index (χ4n) is 2.25. The molecule has 1 N–H and O–H groups in total. The number of carbonyl (C=O) groups is 4. The fourth-order valence-corrected chi connectivity index (χ4v) is 4.63. The molecule has 1 heterocycles. The van der Waals surface area contributed by atoms with E-state index in [2.05, 4.69) is 19.2 Å². The van der Waals surface area contributed by atoms with Crippen molar-refractivity contribution in [3.05, 3.63) is 0 Å². The normalized spacial score (nSPS) is 14.9. The van der Waals surface area contributed by atoms with Crippen molar-refractivity contribution in [2.45, 2.75) is 63.7 Å². The smallest absolute Gasteiger partial charge is 0.406 e. The molecule has 1 fully saturated rings. The number of alkyl carbamates (subject to hydrolysis) is 1. The van der Waals surface area contributed by atoms with E-state index in [-0.39, 0.29) is 24.0 Å². The molecule has 0 atom stereocenters. The van der Waals surface area contributed by atoms with Gasteiger partial charge >= 0.3 is 12.1 Å². The fraction of sp³-hybridized carbons (Fsp3) is 0.778. The summed E-state index contributed by atoms with van der Waals surface area (Å²) in [6, 6.07) is 0. The third kappa shape index (κ3) is 10.2. The Morgan fingerprint density at radius 3 is 2.31 bits per heavy atom. The Balaban J connectivity index is 2.27. The van der Waals surface area contributed by atoms with Crippen molar-refractivity contribution >= 4 is 45.5 Å². The lowest BCUT2D eigenvalue weighted by Crippen LogP contribution is -2.36. The Kier molecular flexibility index (Phi) is 10.3. The topological polar surface area (TPSA) is 111 Å². The molecule has 0 aromatic heterocycles. The molecular weight excluding hydrogens is 420 g/mol. The molecule has 29 heavy (non-hydrogen) atoms. The van der Waals surface area contributed by atoms with E-state index >= 15 is 0 Å². The van der Waals surface area contributed by atoms with Crippen molar-refractivity contribution in [1.29, 1.82) is 0 Å². The quantitative estimate of drug-likeness (QED) is 0.272. The number of rotatable bonds is 12. The molecule has 1 rings (SSSR count). The third-order valence-corrected chi connectivity index (χ3v) is 7.17. The van der Waals surface area contributed by atoms with Crippen molar-refractivity contribution in [3.63, 3.8) is 0 Å². The van der Waals surface area contributed by atoms with Crippen molar-refractivity contribution in [2.24, 2.45) is 0 Å². The van der Waals surface area contributed by atoms with Gasteiger partial charge in [0, 0.05) is 37.0 Å². The van der Waals surface area contributed by atoms with E-state index in [0.717, 1.165) is 6.42 Å². The van der Waals surface area contributed by atoms with E-state index < -0.39 is 29.5 Å². The average molecular weight is 451 g/mol. The summed E-state index contributed by atoms with van der Waals surface area (Å²) in [5.74, 6) is -1.01. The first kappa shape index (κ1) is 25.6. The molecule has 1 aliphatic heterocycles. The molecule has 166 valence electrons. The van der Waals surface area contributed by atoms with Gasteiger partial charge in [-0.1, -0.05) is 21.6 Å². The molecule has 11 heteroatoms. The highest BCUT2D eigenvalue weighted by Gasteiger charge is 2.34. The Bertz CT molecular complexity index is 595. The van der Waals surface area contributed by atoms with Crippen LogP contribution in [0, 0.1) is 0 Å². The van der Waals surface area contributed by atoms with Crippen molar-refractivity contribution in [1.82, 2.24) is 10.4 Å². The van der Waals surface area contributed by atoms with Gasteiger partial charge in [0.1, 0.15) is 6.61 Å². The van der Waals surface area contributed by atoms with Gasteiger partial charge in [-0.3, -0.25) is 9.59 Å². The van der Waals surface area contributed by atoms with Crippen molar-refractivity contribution < 1.29 is 33.5 Å². The van der Waals surface area contributed by atoms with Gasteiger partial charge in [-0.2, -0.15) is 0 Å². The summed E-state index contributed by atoms with van der Waals surface area (Å²) in [5, 5.41) is 2.93. The minimum atomic E-state index is -0.794. The van der Waals surface area contributed by atoms with Gasteiger partial charge in [0.05, 0.1) is 12.0 Å². The summed E-state index contributed by atoms with van der Waals surface area (Å²) >= 11 is 0. The molecule has 0 aromatic rings. The lowest BCUT2D eigenvalue weighted by atomic mass is 10.1. The molecular formula is C18H30N2O7S2. The average Bonchev–Trinajstić information content (AvgIpc) is 2.92. The van der Waals surface area contributed by atoms with E-state index in [4.69, 9.17) is 14.3 Å². The summed E-state index contributed by atoms with van der Waals surface area (Å²) < 4.78 is 10.7. The Labute approximate surface area is 179 Å². The second-order valence-corrected chi connectivity index (χ2v) is 10.8. The van der Waals surface area contributed by atoms with Gasteiger partial charge in [0.15, 0.2) is 0 Å². The van der Waals surface area contributed by atoms with Gasteiger partial charge in [-0.05, 0) is 34.1 Å². The number of amides is 3. The van der Waals surface area contributed by atoms with Gasteiger partial charge in [0.25, 0.3) is 11.8 Å². The van der Waals surface area contributed by atoms with Gasteiger partial charge in [-0.25, -0.2) is 9.59 Å². The maximum absolute atomic E-state index is 12.0. The highest BCUT2D eigenvalue weighted by atomic mass is 33.1. The summed E-state index contributed by atoms with van der Waals surface area (Å²) in [6.45, 7) is 8.44. The number of hydrogen-bond donors (Lipinski definition) is 1. The van der Waals surface area contributed by atoms with Crippen LogP contribution in [0.4, 0.5) is 4.79 Å². The van der Waals surface area contributed by atoms with E-state index in [1.165, 1.54) is 7.05 Å². The van der Waals surface area contributed by atoms with Crippen LogP contribution in [-0.4, -0.2) is 65.3 Å². The number of carbonyl (C=O) groups excluding carboxylic acids is 4. The molecule has 1 saturated heterocycles. The van der Waals surface area contributed by atoms with Gasteiger partial charge in [0.2, 0.25) is 0 Å². The first-order valence-electron chi connectivity index (χ1n) is 9.31. The van der Waals surface area contributed by atoms with Crippen LogP contribution in [0.15, 0.2) is 0 Å². The van der Waals surface area contributed by atoms with Crippen molar-refractivity contribution in [2.75, 3.05) is 26.0 Å². The van der Waals surface area contributed by atoms with Crippen LogP contribution >= 0.6 is 21.6 Å². The molecule has 0 unspecified atom stereocenters. The number of hydrogen-bond acceptors (Lipinski definition) is 9. The summed E-state index contributed by atoms with van der Waals surface area (Å²) in [6.07, 6.45) is 0.345. The van der Waals surface area contributed by atoms with Crippen LogP contribution in [0.25, 0.3) is 0 Å². The van der Waals surface area contributed by atoms with Crippen LogP contribution in [0.2, 0.25) is 0 Å². The zero-order valence-corrected chi connectivity index (χ0v) is 19.2. The lowest BCUT2D eigenvalue weighted by Gasteiger charge is -2.28. The first-order chi connectivity index (χ1) is 13.5. The monoisotopic (exact) mass is 450 g/mol. The van der Waals surface area contributed by atoms with Crippen LogP contribution in [-0.2, 0) is 28.7 Å². The SMILES string of the molecule is CNC(=O)OCCSSC(C)(C)CCOC(C)(C)CC(=O)ON1C(=O)CCC1=O. The molecule has 0 aliphatic carbocycles. The second kappa shape index (κ2) is 11.7. The zero-order valence-electron chi connectivity index (χ0n) is 17.6. The van der Waals surface area contributed by atoms with E-state index in [1.807, 2.05) is 0 Å². The highest BCUT2D eigenvalue weighted by Crippen LogP contribution is 2.38. The Morgan fingerprint density at radius 1 is 1.10 bits per heavy atom. The standard InChI is InChI=1S/C18H30N2O7S2/c1-17(2,12-15(23)27-20-13(21)6-7-14(20)22)26-9-8-18(3,4)29-28-11-10-25-16(24)19-5/h6-12H2,1-5H3,(H,19,24). The minimum Gasteiger partial charge on any atom is -0.449 e. The van der Waals surface area contributed by atoms with E-state index in [0.29, 0.717) is 24.0 Å². The van der Waals surface area contributed by atoms with Crippen LogP contribution in [0.3, 0.4) is 0 Å². The Hall–Kier alpha value is -1.46. The molecule has 3 amide bonds. The molecule has 0 spiro atoms.